The molecular formula is C9H11N5O. The topological polar surface area (TPSA) is 82.8 Å². The number of rotatable bonds is 2. The molecule has 15 heavy (non-hydrogen) atoms. The largest absolute Gasteiger partial charge is 0.366 e. The lowest BCUT2D eigenvalue weighted by Crippen LogP contribution is -2.37. The van der Waals surface area contributed by atoms with Gasteiger partial charge in [0.15, 0.2) is 5.84 Å². The second kappa shape index (κ2) is 3.58. The highest BCUT2D eigenvalue weighted by atomic mass is 16.1. The molecule has 1 aliphatic rings. The van der Waals surface area contributed by atoms with Crippen LogP contribution in [0.3, 0.4) is 0 Å². The van der Waals surface area contributed by atoms with E-state index < -0.39 is 5.91 Å². The molecule has 6 nitrogen and oxygen atoms in total. The number of hydrazine groups is 2. The van der Waals surface area contributed by atoms with Crippen LogP contribution in [0.1, 0.15) is 15.9 Å². The second-order valence-electron chi connectivity index (χ2n) is 3.18. The summed E-state index contributed by atoms with van der Waals surface area (Å²) in [6.45, 7) is 0. The number of carbonyl (C=O) groups is 1. The molecule has 1 aliphatic heterocycles. The Balaban J connectivity index is 2.29. The van der Waals surface area contributed by atoms with Crippen molar-refractivity contribution in [3.8, 4) is 0 Å². The number of primary amides is 1. The third kappa shape index (κ3) is 1.89. The molecule has 6 heteroatoms. The fraction of sp³-hybridized carbons (Fsp3) is 0.111. The zero-order valence-corrected chi connectivity index (χ0v) is 8.19. The molecule has 0 unspecified atom stereocenters. The van der Waals surface area contributed by atoms with Crippen LogP contribution in [0.4, 0.5) is 0 Å². The quantitative estimate of drug-likeness (QED) is 0.602. The standard InChI is InChI=1S/C9H11N5O/c1-14-12-9(11-13-14)7-4-2-3-6(5-7)8(10)15/h2-5,13H,1H3,(H2,10,15)(H,11,12). The van der Waals surface area contributed by atoms with Gasteiger partial charge in [-0.25, -0.2) is 5.53 Å². The van der Waals surface area contributed by atoms with Gasteiger partial charge >= 0.3 is 0 Å². The Labute approximate surface area is 86.7 Å². The van der Waals surface area contributed by atoms with E-state index in [1.807, 2.05) is 6.07 Å². The Bertz CT molecular complexity index is 428. The van der Waals surface area contributed by atoms with E-state index in [9.17, 15) is 4.79 Å². The normalized spacial score (nSPS) is 15.4. The molecule has 0 radical (unpaired) electrons. The predicted molar refractivity (Wildman–Crippen MR) is 55.5 cm³/mol. The molecule has 0 saturated heterocycles. The Hall–Kier alpha value is -2.08. The lowest BCUT2D eigenvalue weighted by Gasteiger charge is -2.08. The van der Waals surface area contributed by atoms with Crippen LogP contribution < -0.4 is 16.7 Å². The first-order valence-electron chi connectivity index (χ1n) is 4.41. The zero-order chi connectivity index (χ0) is 10.8. The van der Waals surface area contributed by atoms with E-state index in [2.05, 4.69) is 16.1 Å². The molecule has 0 bridgehead atoms. The summed E-state index contributed by atoms with van der Waals surface area (Å²) in [6.07, 6.45) is 0. The summed E-state index contributed by atoms with van der Waals surface area (Å²) < 4.78 is 0. The van der Waals surface area contributed by atoms with Crippen LogP contribution in [0.5, 0.6) is 0 Å². The summed E-state index contributed by atoms with van der Waals surface area (Å²) in [5, 5.41) is 5.62. The summed E-state index contributed by atoms with van der Waals surface area (Å²) >= 11 is 0. The van der Waals surface area contributed by atoms with E-state index in [4.69, 9.17) is 5.73 Å². The van der Waals surface area contributed by atoms with Crippen LogP contribution in [0, 0.1) is 0 Å². The maximum absolute atomic E-state index is 11.0. The molecule has 1 aromatic rings. The molecule has 1 heterocycles. The van der Waals surface area contributed by atoms with Crippen LogP contribution in [0.2, 0.25) is 0 Å². The first-order chi connectivity index (χ1) is 7.16. The monoisotopic (exact) mass is 205 g/mol. The number of benzene rings is 1. The summed E-state index contributed by atoms with van der Waals surface area (Å²) in [7, 11) is 1.79. The van der Waals surface area contributed by atoms with Gasteiger partial charge in [-0.2, -0.15) is 0 Å². The van der Waals surface area contributed by atoms with Crippen molar-refractivity contribution >= 4 is 11.7 Å². The minimum atomic E-state index is -0.447. The van der Waals surface area contributed by atoms with Crippen molar-refractivity contribution in [1.82, 2.24) is 16.1 Å². The Morgan fingerprint density at radius 3 is 2.93 bits per heavy atom. The predicted octanol–water partition coefficient (Wildman–Crippen LogP) is -0.598. The van der Waals surface area contributed by atoms with E-state index in [-0.39, 0.29) is 0 Å². The van der Waals surface area contributed by atoms with Crippen LogP contribution in [0.25, 0.3) is 0 Å². The van der Waals surface area contributed by atoms with Crippen LogP contribution in [-0.4, -0.2) is 23.9 Å². The van der Waals surface area contributed by atoms with Gasteiger partial charge in [-0.05, 0) is 12.1 Å². The molecule has 0 saturated carbocycles. The third-order valence-corrected chi connectivity index (χ3v) is 2.01. The van der Waals surface area contributed by atoms with Crippen LogP contribution in [-0.2, 0) is 0 Å². The number of nitrogens with two attached hydrogens (primary N) is 1. The molecule has 0 atom stereocenters. The second-order valence-corrected chi connectivity index (χ2v) is 3.18. The molecule has 0 fully saturated rings. The van der Waals surface area contributed by atoms with E-state index in [1.54, 1.807) is 30.4 Å². The first-order valence-corrected chi connectivity index (χ1v) is 4.41. The van der Waals surface area contributed by atoms with Crippen molar-refractivity contribution in [2.75, 3.05) is 7.05 Å². The highest BCUT2D eigenvalue weighted by Gasteiger charge is 2.13. The van der Waals surface area contributed by atoms with Gasteiger partial charge < -0.3 is 5.73 Å². The van der Waals surface area contributed by atoms with Crippen molar-refractivity contribution in [2.24, 2.45) is 10.8 Å². The van der Waals surface area contributed by atoms with Crippen molar-refractivity contribution in [3.05, 3.63) is 35.4 Å². The van der Waals surface area contributed by atoms with Gasteiger partial charge in [0.25, 0.3) is 0 Å². The smallest absolute Gasteiger partial charge is 0.248 e. The summed E-state index contributed by atoms with van der Waals surface area (Å²) in [4.78, 5) is 11.0. The molecule has 1 amide bonds. The minimum Gasteiger partial charge on any atom is -0.366 e. The van der Waals surface area contributed by atoms with Gasteiger partial charge in [0.2, 0.25) is 5.91 Å². The fourth-order valence-electron chi connectivity index (χ4n) is 1.28. The molecule has 0 spiro atoms. The zero-order valence-electron chi connectivity index (χ0n) is 8.19. The Kier molecular flexibility index (Phi) is 2.26. The molecule has 4 N–H and O–H groups in total. The highest BCUT2D eigenvalue weighted by Crippen LogP contribution is 2.06. The lowest BCUT2D eigenvalue weighted by atomic mass is 10.1. The number of hydrazone groups is 1. The van der Waals surface area contributed by atoms with E-state index in [0.29, 0.717) is 11.4 Å². The van der Waals surface area contributed by atoms with Gasteiger partial charge in [0.05, 0.1) is 0 Å². The van der Waals surface area contributed by atoms with E-state index in [0.717, 1.165) is 5.56 Å². The average Bonchev–Trinajstić information content (AvgIpc) is 2.65. The maximum Gasteiger partial charge on any atom is 0.248 e. The maximum atomic E-state index is 11.0. The van der Waals surface area contributed by atoms with Crippen molar-refractivity contribution in [1.29, 1.82) is 0 Å². The number of hydrogen-bond donors (Lipinski definition) is 3. The lowest BCUT2D eigenvalue weighted by molar-refractivity contribution is 0.100. The Morgan fingerprint density at radius 2 is 2.33 bits per heavy atom. The fourth-order valence-corrected chi connectivity index (χ4v) is 1.28. The average molecular weight is 205 g/mol. The third-order valence-electron chi connectivity index (χ3n) is 2.01. The van der Waals surface area contributed by atoms with Crippen LogP contribution >= 0.6 is 0 Å². The number of nitrogens with one attached hydrogen (secondary N) is 2. The molecule has 1 aromatic carbocycles. The molecule has 0 aliphatic carbocycles. The Morgan fingerprint density at radius 1 is 1.53 bits per heavy atom. The van der Waals surface area contributed by atoms with Gasteiger partial charge in [-0.1, -0.05) is 12.1 Å². The number of amides is 1. The molecule has 78 valence electrons. The van der Waals surface area contributed by atoms with E-state index >= 15 is 0 Å². The van der Waals surface area contributed by atoms with Crippen molar-refractivity contribution in [2.45, 2.75) is 0 Å². The first kappa shape index (κ1) is 9.47. The number of amidine groups is 1. The van der Waals surface area contributed by atoms with Crippen LogP contribution in [0.15, 0.2) is 29.4 Å². The van der Waals surface area contributed by atoms with E-state index in [1.165, 1.54) is 0 Å². The summed E-state index contributed by atoms with van der Waals surface area (Å²) in [5.41, 5.74) is 12.1. The SMILES string of the molecule is CN1NN=C(c2cccc(C(N)=O)c2)N1. The van der Waals surface area contributed by atoms with Gasteiger partial charge in [0.1, 0.15) is 0 Å². The van der Waals surface area contributed by atoms with Gasteiger partial charge in [-0.15, -0.1) is 10.2 Å². The highest BCUT2D eigenvalue weighted by molar-refractivity contribution is 6.01. The summed E-state index contributed by atoms with van der Waals surface area (Å²) in [6, 6.07) is 6.96. The number of hydrogen-bond acceptors (Lipinski definition) is 5. The number of nitrogens with zero attached hydrogens (tertiary/aromatic N) is 2. The van der Waals surface area contributed by atoms with Crippen molar-refractivity contribution < 1.29 is 4.79 Å². The van der Waals surface area contributed by atoms with Crippen molar-refractivity contribution in [3.63, 3.8) is 0 Å². The molecule has 2 rings (SSSR count). The summed E-state index contributed by atoms with van der Waals surface area (Å²) in [5.74, 6) is 0.206. The van der Waals surface area contributed by atoms with Gasteiger partial charge in [-0.3, -0.25) is 10.2 Å². The molecular weight excluding hydrogens is 194 g/mol. The molecule has 0 aromatic heterocycles. The van der Waals surface area contributed by atoms with Gasteiger partial charge in [0, 0.05) is 18.2 Å². The minimum absolute atomic E-state index is 0.447. The number of carbonyl (C=O) groups excluding carboxylic acids is 1.